The van der Waals surface area contributed by atoms with E-state index in [4.69, 9.17) is 16.7 Å². The maximum absolute atomic E-state index is 10.8. The molecule has 0 amide bonds. The van der Waals surface area contributed by atoms with E-state index in [1.807, 2.05) is 24.3 Å². The van der Waals surface area contributed by atoms with Crippen molar-refractivity contribution in [2.75, 3.05) is 0 Å². The topological polar surface area (TPSA) is 37.3 Å². The number of benzene rings is 1. The predicted molar refractivity (Wildman–Crippen MR) is 55.2 cm³/mol. The highest BCUT2D eigenvalue weighted by molar-refractivity contribution is 6.51. The third-order valence-corrected chi connectivity index (χ3v) is 2.85. The van der Waals surface area contributed by atoms with Crippen LogP contribution in [0.3, 0.4) is 0 Å². The van der Waals surface area contributed by atoms with Crippen molar-refractivity contribution in [3.63, 3.8) is 0 Å². The van der Waals surface area contributed by atoms with E-state index in [2.05, 4.69) is 0 Å². The van der Waals surface area contributed by atoms with Gasteiger partial charge in [0.15, 0.2) is 0 Å². The molecule has 14 heavy (non-hydrogen) atoms. The Morgan fingerprint density at radius 1 is 1.29 bits per heavy atom. The average molecular weight is 209 g/mol. The molecule has 1 aromatic carbocycles. The summed E-state index contributed by atoms with van der Waals surface area (Å²) < 4.78 is 0. The van der Waals surface area contributed by atoms with Gasteiger partial charge in [0.05, 0.1) is 10.6 Å². The zero-order valence-corrected chi connectivity index (χ0v) is 8.21. The minimum atomic E-state index is -0.912. The van der Waals surface area contributed by atoms with Gasteiger partial charge >= 0.3 is 5.97 Å². The lowest BCUT2D eigenvalue weighted by Gasteiger charge is -2.16. The Morgan fingerprint density at radius 2 is 2.00 bits per heavy atom. The van der Waals surface area contributed by atoms with Crippen molar-refractivity contribution in [2.24, 2.45) is 0 Å². The van der Waals surface area contributed by atoms with Gasteiger partial charge in [0, 0.05) is 0 Å². The van der Waals surface area contributed by atoms with Gasteiger partial charge in [-0.25, -0.2) is 4.79 Å². The Hall–Kier alpha value is -1.28. The molecule has 0 unspecified atom stereocenters. The van der Waals surface area contributed by atoms with Gasteiger partial charge in [0.1, 0.15) is 0 Å². The van der Waals surface area contributed by atoms with E-state index in [9.17, 15) is 4.79 Å². The van der Waals surface area contributed by atoms with E-state index in [0.717, 1.165) is 17.5 Å². The molecule has 0 saturated heterocycles. The molecule has 0 aromatic heterocycles. The summed E-state index contributed by atoms with van der Waals surface area (Å²) in [6.07, 6.45) is 1.28. The molecule has 3 heteroatoms. The highest BCUT2D eigenvalue weighted by Gasteiger charge is 2.21. The van der Waals surface area contributed by atoms with E-state index in [1.165, 1.54) is 0 Å². The van der Waals surface area contributed by atoms with Gasteiger partial charge in [-0.3, -0.25) is 0 Å². The van der Waals surface area contributed by atoms with Gasteiger partial charge in [-0.1, -0.05) is 35.9 Å². The van der Waals surface area contributed by atoms with Crippen LogP contribution in [0.4, 0.5) is 0 Å². The fraction of sp³-hybridized carbons (Fsp3) is 0.182. The Morgan fingerprint density at radius 3 is 2.71 bits per heavy atom. The van der Waals surface area contributed by atoms with Gasteiger partial charge in [0.2, 0.25) is 0 Å². The van der Waals surface area contributed by atoms with Gasteiger partial charge in [0.25, 0.3) is 0 Å². The van der Waals surface area contributed by atoms with Crippen molar-refractivity contribution in [2.45, 2.75) is 12.8 Å². The summed E-state index contributed by atoms with van der Waals surface area (Å²) in [5.74, 6) is -0.912. The van der Waals surface area contributed by atoms with Crippen molar-refractivity contribution < 1.29 is 9.90 Å². The second kappa shape index (κ2) is 3.46. The number of rotatable bonds is 1. The van der Waals surface area contributed by atoms with Crippen LogP contribution in [0.25, 0.3) is 5.03 Å². The lowest BCUT2D eigenvalue weighted by atomic mass is 9.92. The first-order valence-electron chi connectivity index (χ1n) is 4.40. The molecule has 2 rings (SSSR count). The summed E-state index contributed by atoms with van der Waals surface area (Å²) in [6.45, 7) is 0. The first-order chi connectivity index (χ1) is 6.70. The van der Waals surface area contributed by atoms with Gasteiger partial charge in [-0.05, 0) is 24.0 Å². The summed E-state index contributed by atoms with van der Waals surface area (Å²) >= 11 is 6.01. The van der Waals surface area contributed by atoms with Crippen LogP contribution in [-0.2, 0) is 11.2 Å². The third-order valence-electron chi connectivity index (χ3n) is 2.42. The quantitative estimate of drug-likeness (QED) is 0.771. The van der Waals surface area contributed by atoms with Crippen molar-refractivity contribution in [3.05, 3.63) is 41.0 Å². The zero-order chi connectivity index (χ0) is 10.1. The van der Waals surface area contributed by atoms with E-state index >= 15 is 0 Å². The first-order valence-corrected chi connectivity index (χ1v) is 4.78. The molecular weight excluding hydrogens is 200 g/mol. The van der Waals surface area contributed by atoms with E-state index in [1.54, 1.807) is 0 Å². The number of hydrogen-bond donors (Lipinski definition) is 1. The number of aryl methyl sites for hydroxylation is 1. The molecule has 0 heterocycles. The minimum Gasteiger partial charge on any atom is -0.478 e. The van der Waals surface area contributed by atoms with Crippen LogP contribution < -0.4 is 0 Å². The Labute approximate surface area is 86.8 Å². The van der Waals surface area contributed by atoms with Gasteiger partial charge in [-0.2, -0.15) is 0 Å². The average Bonchev–Trinajstić information content (AvgIpc) is 2.18. The van der Waals surface area contributed by atoms with Crippen LogP contribution in [0.15, 0.2) is 29.8 Å². The molecule has 0 saturated carbocycles. The molecule has 1 aliphatic carbocycles. The molecule has 0 aliphatic heterocycles. The maximum atomic E-state index is 10.8. The van der Waals surface area contributed by atoms with Crippen molar-refractivity contribution in [1.29, 1.82) is 0 Å². The van der Waals surface area contributed by atoms with Crippen molar-refractivity contribution >= 4 is 22.6 Å². The molecule has 0 bridgehead atoms. The molecular formula is C11H9ClO2. The van der Waals surface area contributed by atoms with Crippen molar-refractivity contribution in [3.8, 4) is 0 Å². The maximum Gasteiger partial charge on any atom is 0.333 e. The molecule has 2 nitrogen and oxygen atoms in total. The fourth-order valence-corrected chi connectivity index (χ4v) is 2.04. The highest BCUT2D eigenvalue weighted by Crippen LogP contribution is 2.33. The molecule has 1 aliphatic rings. The predicted octanol–water partition coefficient (Wildman–Crippen LogP) is 2.67. The summed E-state index contributed by atoms with van der Waals surface area (Å²) in [4.78, 5) is 10.8. The van der Waals surface area contributed by atoms with Crippen LogP contribution in [0.1, 0.15) is 17.5 Å². The first kappa shape index (κ1) is 9.28. The molecule has 1 aromatic rings. The number of hydrogen-bond acceptors (Lipinski definition) is 1. The van der Waals surface area contributed by atoms with Crippen molar-refractivity contribution in [1.82, 2.24) is 0 Å². The van der Waals surface area contributed by atoms with Crippen LogP contribution >= 0.6 is 11.6 Å². The lowest BCUT2D eigenvalue weighted by Crippen LogP contribution is -2.09. The van der Waals surface area contributed by atoms with Gasteiger partial charge < -0.3 is 5.11 Å². The monoisotopic (exact) mass is 208 g/mol. The zero-order valence-electron chi connectivity index (χ0n) is 7.46. The molecule has 0 spiro atoms. The Bertz CT molecular complexity index is 421. The normalized spacial score (nSPS) is 15.2. The van der Waals surface area contributed by atoms with Crippen LogP contribution in [-0.4, -0.2) is 11.1 Å². The molecule has 0 radical (unpaired) electrons. The fourth-order valence-electron chi connectivity index (χ4n) is 1.69. The largest absolute Gasteiger partial charge is 0.478 e. The summed E-state index contributed by atoms with van der Waals surface area (Å²) in [7, 11) is 0. The number of fused-ring (bicyclic) bond motifs is 1. The number of carboxylic acid groups (broad SMARTS) is 1. The van der Waals surface area contributed by atoms with Gasteiger partial charge in [-0.15, -0.1) is 0 Å². The standard InChI is InChI=1S/C11H9ClO2/c12-10-8-4-2-1-3-7(8)5-6-9(10)11(13)14/h1-4H,5-6H2,(H,13,14). The third kappa shape index (κ3) is 1.42. The smallest absolute Gasteiger partial charge is 0.333 e. The number of carbonyl (C=O) groups is 1. The molecule has 0 atom stereocenters. The van der Waals surface area contributed by atoms with Crippen LogP contribution in [0.2, 0.25) is 0 Å². The van der Waals surface area contributed by atoms with Crippen LogP contribution in [0.5, 0.6) is 0 Å². The molecule has 1 N–H and O–H groups in total. The van der Waals surface area contributed by atoms with E-state index < -0.39 is 5.97 Å². The number of aliphatic carboxylic acids is 1. The lowest BCUT2D eigenvalue weighted by molar-refractivity contribution is -0.132. The Kier molecular flexibility index (Phi) is 2.30. The molecule has 0 fully saturated rings. The molecule has 72 valence electrons. The highest BCUT2D eigenvalue weighted by atomic mass is 35.5. The SMILES string of the molecule is O=C(O)C1=C(Cl)c2ccccc2CC1. The minimum absolute atomic E-state index is 0.324. The second-order valence-electron chi connectivity index (χ2n) is 3.25. The summed E-state index contributed by atoms with van der Waals surface area (Å²) in [5, 5.41) is 9.28. The summed E-state index contributed by atoms with van der Waals surface area (Å²) in [6, 6.07) is 7.65. The number of carboxylic acids is 1. The van der Waals surface area contributed by atoms with E-state index in [-0.39, 0.29) is 0 Å². The van der Waals surface area contributed by atoms with E-state index in [0.29, 0.717) is 17.0 Å². The second-order valence-corrected chi connectivity index (χ2v) is 3.63. The van der Waals surface area contributed by atoms with Crippen LogP contribution in [0, 0.1) is 0 Å². The number of halogens is 1. The Balaban J connectivity index is 2.56. The summed E-state index contributed by atoms with van der Waals surface area (Å²) in [5.41, 5.74) is 2.31.